The third kappa shape index (κ3) is 3.76. The topological polar surface area (TPSA) is 108 Å². The van der Waals surface area contributed by atoms with E-state index in [9.17, 15) is 18.3 Å². The predicted molar refractivity (Wildman–Crippen MR) is 94.9 cm³/mol. The van der Waals surface area contributed by atoms with Crippen LogP contribution in [0.5, 0.6) is 0 Å². The van der Waals surface area contributed by atoms with Crippen LogP contribution in [-0.2, 0) is 21.4 Å². The van der Waals surface area contributed by atoms with Crippen LogP contribution in [0, 0.1) is 0 Å². The molecule has 1 aromatic carbocycles. The second kappa shape index (κ2) is 7.77. The van der Waals surface area contributed by atoms with E-state index in [-0.39, 0.29) is 10.6 Å². The van der Waals surface area contributed by atoms with Gasteiger partial charge in [0.15, 0.2) is 11.0 Å². The van der Waals surface area contributed by atoms with E-state index in [1.54, 1.807) is 28.8 Å². The lowest BCUT2D eigenvalue weighted by Crippen LogP contribution is -2.27. The molecule has 0 N–H and O–H groups in total. The third-order valence-corrected chi connectivity index (χ3v) is 7.02. The van der Waals surface area contributed by atoms with E-state index < -0.39 is 16.0 Å². The van der Waals surface area contributed by atoms with Crippen molar-refractivity contribution in [3.63, 3.8) is 0 Å². The summed E-state index contributed by atoms with van der Waals surface area (Å²) >= 11 is 1.04. The van der Waals surface area contributed by atoms with Gasteiger partial charge in [0, 0.05) is 31.0 Å². The average Bonchev–Trinajstić information content (AvgIpc) is 3.29. The number of hydrogen-bond donors (Lipinski definition) is 0. The summed E-state index contributed by atoms with van der Waals surface area (Å²) in [6.45, 7) is 3.59. The third-order valence-electron chi connectivity index (χ3n) is 4.17. The van der Waals surface area contributed by atoms with Crippen LogP contribution in [0.3, 0.4) is 0 Å². The minimum absolute atomic E-state index is 0.203. The zero-order valence-corrected chi connectivity index (χ0v) is 15.9. The van der Waals surface area contributed by atoms with Crippen molar-refractivity contribution < 1.29 is 18.3 Å². The summed E-state index contributed by atoms with van der Waals surface area (Å²) < 4.78 is 28.5. The molecule has 2 heterocycles. The molecular weight excluding hydrogens is 376 g/mol. The number of aromatic nitrogens is 3. The van der Waals surface area contributed by atoms with Crippen molar-refractivity contribution in [2.24, 2.45) is 0 Å². The van der Waals surface area contributed by atoms with E-state index in [0.29, 0.717) is 30.6 Å². The largest absolute Gasteiger partial charge is 0.549 e. The number of sulfonamides is 1. The van der Waals surface area contributed by atoms with Crippen LogP contribution in [0.25, 0.3) is 11.4 Å². The number of carboxylic acids is 1. The van der Waals surface area contributed by atoms with Crippen LogP contribution in [-0.4, -0.2) is 52.3 Å². The molecule has 140 valence electrons. The predicted octanol–water partition coefficient (Wildman–Crippen LogP) is 0.592. The number of nitrogens with zero attached hydrogens (tertiary/aromatic N) is 4. The Morgan fingerprint density at radius 2 is 1.85 bits per heavy atom. The number of hydrogen-bond acceptors (Lipinski definition) is 7. The minimum Gasteiger partial charge on any atom is -0.549 e. The standard InChI is InChI=1S/C16H20N4O4S2/c1-2-20-15(17-18-16(20)25-11-14(21)22)12-5-7-13(8-6-12)26(23,24)19-9-3-4-10-19/h5-8H,2-4,9-11H2,1H3,(H,21,22)/p-1. The van der Waals surface area contributed by atoms with E-state index in [1.807, 2.05) is 6.92 Å². The normalized spacial score (nSPS) is 15.4. The molecule has 1 saturated heterocycles. The van der Waals surface area contributed by atoms with Gasteiger partial charge in [-0.2, -0.15) is 4.31 Å². The van der Waals surface area contributed by atoms with Crippen molar-refractivity contribution >= 4 is 27.8 Å². The Bertz CT molecular complexity index is 887. The van der Waals surface area contributed by atoms with Gasteiger partial charge in [0.2, 0.25) is 10.0 Å². The quantitative estimate of drug-likeness (QED) is 0.631. The molecular formula is C16H19N4O4S2-. The fourth-order valence-electron chi connectivity index (χ4n) is 2.87. The number of aliphatic carboxylic acids is 1. The molecule has 3 rings (SSSR count). The first kappa shape index (κ1) is 18.9. The highest BCUT2D eigenvalue weighted by atomic mass is 32.2. The molecule has 1 aromatic heterocycles. The fraction of sp³-hybridized carbons (Fsp3) is 0.438. The molecule has 1 aliphatic heterocycles. The van der Waals surface area contributed by atoms with Gasteiger partial charge in [-0.15, -0.1) is 10.2 Å². The zero-order chi connectivity index (χ0) is 18.7. The summed E-state index contributed by atoms with van der Waals surface area (Å²) in [6.07, 6.45) is 1.78. The molecule has 0 saturated carbocycles. The lowest BCUT2D eigenvalue weighted by Gasteiger charge is -2.15. The molecule has 1 fully saturated rings. The van der Waals surface area contributed by atoms with Gasteiger partial charge < -0.3 is 14.5 Å². The molecule has 10 heteroatoms. The van der Waals surface area contributed by atoms with Crippen molar-refractivity contribution in [3.05, 3.63) is 24.3 Å². The van der Waals surface area contributed by atoms with Crippen molar-refractivity contribution in [1.29, 1.82) is 0 Å². The lowest BCUT2D eigenvalue weighted by molar-refractivity contribution is -0.301. The molecule has 0 atom stereocenters. The zero-order valence-electron chi connectivity index (χ0n) is 14.3. The number of benzene rings is 1. The van der Waals surface area contributed by atoms with Crippen LogP contribution in [0.4, 0.5) is 0 Å². The maximum atomic E-state index is 12.6. The van der Waals surface area contributed by atoms with Gasteiger partial charge in [0.05, 0.1) is 10.9 Å². The summed E-state index contributed by atoms with van der Waals surface area (Å²) in [5.74, 6) is -0.803. The van der Waals surface area contributed by atoms with Crippen molar-refractivity contribution in [1.82, 2.24) is 19.1 Å². The van der Waals surface area contributed by atoms with Gasteiger partial charge >= 0.3 is 0 Å². The Morgan fingerprint density at radius 3 is 2.42 bits per heavy atom. The van der Waals surface area contributed by atoms with Gasteiger partial charge in [-0.05, 0) is 44.0 Å². The summed E-state index contributed by atoms with van der Waals surface area (Å²) in [5.41, 5.74) is 0.722. The van der Waals surface area contributed by atoms with Crippen molar-refractivity contribution in [3.8, 4) is 11.4 Å². The molecule has 0 radical (unpaired) electrons. The van der Waals surface area contributed by atoms with Crippen LogP contribution in [0.1, 0.15) is 19.8 Å². The molecule has 1 aliphatic rings. The van der Waals surface area contributed by atoms with E-state index in [0.717, 1.165) is 30.2 Å². The van der Waals surface area contributed by atoms with Crippen molar-refractivity contribution in [2.45, 2.75) is 36.4 Å². The first-order valence-corrected chi connectivity index (χ1v) is 10.7. The Hall–Kier alpha value is -1.91. The first-order valence-electron chi connectivity index (χ1n) is 8.30. The molecule has 0 amide bonds. The van der Waals surface area contributed by atoms with Crippen LogP contribution >= 0.6 is 11.8 Å². The average molecular weight is 395 g/mol. The van der Waals surface area contributed by atoms with Gasteiger partial charge in [-0.3, -0.25) is 0 Å². The maximum absolute atomic E-state index is 12.6. The summed E-state index contributed by atoms with van der Waals surface area (Å²) in [4.78, 5) is 10.9. The van der Waals surface area contributed by atoms with Crippen LogP contribution in [0.2, 0.25) is 0 Å². The Morgan fingerprint density at radius 1 is 1.19 bits per heavy atom. The number of carboxylic acid groups (broad SMARTS) is 1. The van der Waals surface area contributed by atoms with Gasteiger partial charge in [0.25, 0.3) is 0 Å². The second-order valence-electron chi connectivity index (χ2n) is 5.85. The Kier molecular flexibility index (Phi) is 5.64. The SMILES string of the molecule is CCn1c(SCC(=O)[O-])nnc1-c1ccc(S(=O)(=O)N2CCCC2)cc1. The first-order chi connectivity index (χ1) is 12.4. The van der Waals surface area contributed by atoms with Crippen LogP contribution < -0.4 is 5.11 Å². The second-order valence-corrected chi connectivity index (χ2v) is 8.73. The van der Waals surface area contributed by atoms with Gasteiger partial charge in [-0.1, -0.05) is 11.8 Å². The number of carbonyl (C=O) groups is 1. The van der Waals surface area contributed by atoms with Crippen molar-refractivity contribution in [2.75, 3.05) is 18.8 Å². The molecule has 26 heavy (non-hydrogen) atoms. The number of carbonyl (C=O) groups excluding carboxylic acids is 1. The maximum Gasteiger partial charge on any atom is 0.243 e. The summed E-state index contributed by atoms with van der Waals surface area (Å²) in [5, 5.41) is 19.3. The van der Waals surface area contributed by atoms with Crippen LogP contribution in [0.15, 0.2) is 34.3 Å². The van der Waals surface area contributed by atoms with E-state index >= 15 is 0 Å². The fourth-order valence-corrected chi connectivity index (χ4v) is 5.11. The molecule has 0 unspecified atom stereocenters. The highest BCUT2D eigenvalue weighted by molar-refractivity contribution is 7.99. The number of thioether (sulfide) groups is 1. The monoisotopic (exact) mass is 395 g/mol. The highest BCUT2D eigenvalue weighted by Crippen LogP contribution is 2.26. The molecule has 0 aliphatic carbocycles. The minimum atomic E-state index is -3.45. The summed E-state index contributed by atoms with van der Waals surface area (Å²) in [7, 11) is -3.45. The highest BCUT2D eigenvalue weighted by Gasteiger charge is 2.27. The molecule has 8 nitrogen and oxygen atoms in total. The molecule has 0 spiro atoms. The van der Waals surface area contributed by atoms with Gasteiger partial charge in [0.1, 0.15) is 0 Å². The molecule has 0 bridgehead atoms. The molecule has 2 aromatic rings. The lowest BCUT2D eigenvalue weighted by atomic mass is 10.2. The Labute approximate surface area is 156 Å². The number of rotatable bonds is 7. The smallest absolute Gasteiger partial charge is 0.243 e. The van der Waals surface area contributed by atoms with Gasteiger partial charge in [-0.25, -0.2) is 8.42 Å². The van der Waals surface area contributed by atoms with E-state index in [2.05, 4.69) is 10.2 Å². The Balaban J connectivity index is 1.86. The summed E-state index contributed by atoms with van der Waals surface area (Å²) in [6, 6.07) is 6.55. The van der Waals surface area contributed by atoms with E-state index in [4.69, 9.17) is 0 Å². The van der Waals surface area contributed by atoms with E-state index in [1.165, 1.54) is 4.31 Å².